The standard InChI is InChI=1S/C8H5BrN2O4S3/c9-5-3-10-8(17-5)11-18(14,15)4-1-2-16-6(4)7(12)13/h1-3H,(H,10,11)(H,12,13). The molecule has 96 valence electrons. The first-order valence-corrected chi connectivity index (χ1v) is 8.32. The van der Waals surface area contributed by atoms with Crippen LogP contribution in [-0.2, 0) is 10.0 Å². The molecule has 2 aromatic heterocycles. The van der Waals surface area contributed by atoms with Crippen LogP contribution in [0.5, 0.6) is 0 Å². The van der Waals surface area contributed by atoms with Crippen LogP contribution in [0.1, 0.15) is 9.67 Å². The number of carboxylic acids is 1. The van der Waals surface area contributed by atoms with Gasteiger partial charge in [0.2, 0.25) is 0 Å². The molecule has 0 radical (unpaired) electrons. The lowest BCUT2D eigenvalue weighted by Gasteiger charge is -2.03. The van der Waals surface area contributed by atoms with Crippen molar-refractivity contribution in [2.24, 2.45) is 0 Å². The van der Waals surface area contributed by atoms with Gasteiger partial charge in [-0.15, -0.1) is 11.3 Å². The summed E-state index contributed by atoms with van der Waals surface area (Å²) in [7, 11) is -3.93. The number of hydrogen-bond donors (Lipinski definition) is 2. The summed E-state index contributed by atoms with van der Waals surface area (Å²) in [5, 5.41) is 10.5. The SMILES string of the molecule is O=C(O)c1sccc1S(=O)(=O)Nc1ncc(Br)s1. The van der Waals surface area contributed by atoms with Crippen LogP contribution in [0.25, 0.3) is 0 Å². The molecule has 0 spiro atoms. The van der Waals surface area contributed by atoms with Crippen molar-refractivity contribution >= 4 is 59.7 Å². The number of hydrogen-bond acceptors (Lipinski definition) is 6. The van der Waals surface area contributed by atoms with Crippen LogP contribution in [0.2, 0.25) is 0 Å². The fourth-order valence-electron chi connectivity index (χ4n) is 1.14. The molecule has 6 nitrogen and oxygen atoms in total. The molecule has 0 aromatic carbocycles. The van der Waals surface area contributed by atoms with Gasteiger partial charge in [-0.05, 0) is 27.4 Å². The average molecular weight is 369 g/mol. The summed E-state index contributed by atoms with van der Waals surface area (Å²) in [5.41, 5.74) is 0. The first-order chi connectivity index (χ1) is 8.40. The van der Waals surface area contributed by atoms with E-state index in [-0.39, 0.29) is 14.9 Å². The summed E-state index contributed by atoms with van der Waals surface area (Å²) in [6, 6.07) is 1.25. The molecular formula is C8H5BrN2O4S3. The van der Waals surface area contributed by atoms with Crippen LogP contribution in [-0.4, -0.2) is 24.5 Å². The van der Waals surface area contributed by atoms with E-state index in [0.29, 0.717) is 3.79 Å². The number of nitrogens with zero attached hydrogens (tertiary/aromatic N) is 1. The van der Waals surface area contributed by atoms with Gasteiger partial charge in [0.1, 0.15) is 9.77 Å². The molecule has 2 N–H and O–H groups in total. The smallest absolute Gasteiger partial charge is 0.347 e. The van der Waals surface area contributed by atoms with Gasteiger partial charge in [0, 0.05) is 0 Å². The zero-order valence-corrected chi connectivity index (χ0v) is 12.5. The summed E-state index contributed by atoms with van der Waals surface area (Å²) in [6.07, 6.45) is 1.45. The molecule has 0 unspecified atom stereocenters. The Kier molecular flexibility index (Phi) is 3.71. The van der Waals surface area contributed by atoms with Gasteiger partial charge in [-0.25, -0.2) is 18.2 Å². The Labute approximate surface area is 118 Å². The van der Waals surface area contributed by atoms with Crippen molar-refractivity contribution in [1.82, 2.24) is 4.98 Å². The molecule has 0 bridgehead atoms. The van der Waals surface area contributed by atoms with E-state index in [1.54, 1.807) is 0 Å². The predicted molar refractivity (Wildman–Crippen MR) is 71.9 cm³/mol. The van der Waals surface area contributed by atoms with Crippen LogP contribution in [0, 0.1) is 0 Å². The monoisotopic (exact) mass is 368 g/mol. The lowest BCUT2D eigenvalue weighted by atomic mass is 10.5. The second-order valence-electron chi connectivity index (χ2n) is 2.99. The van der Waals surface area contributed by atoms with Gasteiger partial charge < -0.3 is 5.11 Å². The maximum absolute atomic E-state index is 12.0. The third kappa shape index (κ3) is 2.71. The molecule has 0 saturated heterocycles. The van der Waals surface area contributed by atoms with Gasteiger partial charge in [0.05, 0.1) is 9.98 Å². The van der Waals surface area contributed by atoms with Gasteiger partial charge in [-0.3, -0.25) is 4.72 Å². The second kappa shape index (κ2) is 4.96. The molecule has 0 amide bonds. The van der Waals surface area contributed by atoms with Gasteiger partial charge in [0.15, 0.2) is 5.13 Å². The second-order valence-corrected chi connectivity index (χ2v) is 7.97. The van der Waals surface area contributed by atoms with E-state index in [1.165, 1.54) is 17.6 Å². The topological polar surface area (TPSA) is 96.4 Å². The Morgan fingerprint density at radius 2 is 2.22 bits per heavy atom. The Balaban J connectivity index is 2.37. The minimum absolute atomic E-state index is 0.171. The number of sulfonamides is 1. The van der Waals surface area contributed by atoms with E-state index in [1.807, 2.05) is 0 Å². The number of anilines is 1. The lowest BCUT2D eigenvalue weighted by Crippen LogP contribution is -2.14. The van der Waals surface area contributed by atoms with Crippen LogP contribution < -0.4 is 4.72 Å². The fraction of sp³-hybridized carbons (Fsp3) is 0. The summed E-state index contributed by atoms with van der Waals surface area (Å²) in [6.45, 7) is 0. The molecule has 0 saturated carbocycles. The number of aromatic nitrogens is 1. The van der Waals surface area contributed by atoms with Crippen molar-refractivity contribution in [2.45, 2.75) is 4.90 Å². The number of carbonyl (C=O) groups is 1. The molecule has 2 rings (SSSR count). The average Bonchev–Trinajstić information content (AvgIpc) is 2.86. The van der Waals surface area contributed by atoms with E-state index < -0.39 is 16.0 Å². The molecule has 10 heteroatoms. The third-order valence-corrected chi connectivity index (χ3v) is 5.75. The van der Waals surface area contributed by atoms with Crippen molar-refractivity contribution in [3.05, 3.63) is 26.3 Å². The van der Waals surface area contributed by atoms with E-state index in [9.17, 15) is 13.2 Å². The van der Waals surface area contributed by atoms with Crippen molar-refractivity contribution < 1.29 is 18.3 Å². The molecule has 0 fully saturated rings. The summed E-state index contributed by atoms with van der Waals surface area (Å²) in [5.74, 6) is -1.27. The van der Waals surface area contributed by atoms with Crippen LogP contribution >= 0.6 is 38.6 Å². The maximum atomic E-state index is 12.0. The zero-order valence-electron chi connectivity index (χ0n) is 8.45. The number of thiophene rings is 1. The Morgan fingerprint density at radius 3 is 2.78 bits per heavy atom. The first kappa shape index (κ1) is 13.5. The van der Waals surface area contributed by atoms with E-state index in [2.05, 4.69) is 25.6 Å². The lowest BCUT2D eigenvalue weighted by molar-refractivity contribution is 0.0698. The van der Waals surface area contributed by atoms with Crippen molar-refractivity contribution in [1.29, 1.82) is 0 Å². The molecule has 0 aliphatic heterocycles. The van der Waals surface area contributed by atoms with Crippen LogP contribution in [0.3, 0.4) is 0 Å². The summed E-state index contributed by atoms with van der Waals surface area (Å²) in [4.78, 5) is 14.2. The Hall–Kier alpha value is -0.970. The Morgan fingerprint density at radius 1 is 1.50 bits per heavy atom. The van der Waals surface area contributed by atoms with Crippen LogP contribution in [0.4, 0.5) is 5.13 Å². The highest BCUT2D eigenvalue weighted by molar-refractivity contribution is 9.11. The quantitative estimate of drug-likeness (QED) is 0.863. The molecular weight excluding hydrogens is 364 g/mol. The molecule has 2 heterocycles. The number of nitrogens with one attached hydrogen (secondary N) is 1. The third-order valence-electron chi connectivity index (χ3n) is 1.81. The zero-order chi connectivity index (χ0) is 13.3. The minimum Gasteiger partial charge on any atom is -0.477 e. The Bertz CT molecular complexity index is 691. The normalized spacial score (nSPS) is 11.4. The molecule has 0 atom stereocenters. The van der Waals surface area contributed by atoms with Crippen molar-refractivity contribution in [2.75, 3.05) is 4.72 Å². The number of thiazole rings is 1. The molecule has 18 heavy (non-hydrogen) atoms. The fourth-order valence-corrected chi connectivity index (χ4v) is 4.75. The number of carboxylic acid groups (broad SMARTS) is 1. The van der Waals surface area contributed by atoms with E-state index >= 15 is 0 Å². The highest BCUT2D eigenvalue weighted by Gasteiger charge is 2.24. The van der Waals surface area contributed by atoms with Gasteiger partial charge in [-0.1, -0.05) is 11.3 Å². The number of halogens is 1. The summed E-state index contributed by atoms with van der Waals surface area (Å²) < 4.78 is 26.9. The van der Waals surface area contributed by atoms with Crippen molar-refractivity contribution in [3.63, 3.8) is 0 Å². The van der Waals surface area contributed by atoms with Gasteiger partial charge in [-0.2, -0.15) is 0 Å². The van der Waals surface area contributed by atoms with E-state index in [4.69, 9.17) is 5.11 Å². The maximum Gasteiger partial charge on any atom is 0.347 e. The highest BCUT2D eigenvalue weighted by atomic mass is 79.9. The van der Waals surface area contributed by atoms with Crippen molar-refractivity contribution in [3.8, 4) is 0 Å². The molecule has 0 aliphatic carbocycles. The van der Waals surface area contributed by atoms with Gasteiger partial charge >= 0.3 is 5.97 Å². The van der Waals surface area contributed by atoms with E-state index in [0.717, 1.165) is 22.7 Å². The largest absolute Gasteiger partial charge is 0.477 e. The summed E-state index contributed by atoms with van der Waals surface area (Å²) >= 11 is 5.11. The molecule has 0 aliphatic rings. The number of rotatable bonds is 4. The van der Waals surface area contributed by atoms with Gasteiger partial charge in [0.25, 0.3) is 10.0 Å². The highest BCUT2D eigenvalue weighted by Crippen LogP contribution is 2.28. The molecule has 2 aromatic rings. The number of aromatic carboxylic acids is 1. The van der Waals surface area contributed by atoms with Crippen LogP contribution in [0.15, 0.2) is 26.3 Å². The first-order valence-electron chi connectivity index (χ1n) is 4.35. The minimum atomic E-state index is -3.93. The predicted octanol–water partition coefficient (Wildman–Crippen LogP) is 2.47.